The Hall–Kier alpha value is -2.82. The van der Waals surface area contributed by atoms with Crippen LogP contribution in [0.15, 0.2) is 47.0 Å². The van der Waals surface area contributed by atoms with E-state index in [4.69, 9.17) is 9.26 Å². The number of benzene rings is 2. The normalized spacial score (nSPS) is 10.5. The lowest BCUT2D eigenvalue weighted by Gasteiger charge is -2.04. The van der Waals surface area contributed by atoms with Gasteiger partial charge in [0.25, 0.3) is 0 Å². The molecule has 5 nitrogen and oxygen atoms in total. The van der Waals surface area contributed by atoms with E-state index < -0.39 is 0 Å². The van der Waals surface area contributed by atoms with Crippen LogP contribution in [0.3, 0.4) is 0 Å². The molecule has 0 fully saturated rings. The van der Waals surface area contributed by atoms with Gasteiger partial charge in [-0.1, -0.05) is 23.4 Å². The summed E-state index contributed by atoms with van der Waals surface area (Å²) in [7, 11) is 1.63. The first-order valence-electron chi connectivity index (χ1n) is 6.98. The zero-order valence-electron chi connectivity index (χ0n) is 12.8. The fraction of sp³-hybridized carbons (Fsp3) is 0.176. The third kappa shape index (κ3) is 2.93. The van der Waals surface area contributed by atoms with Crippen molar-refractivity contribution in [3.63, 3.8) is 0 Å². The van der Waals surface area contributed by atoms with Gasteiger partial charge in [-0.05, 0) is 49.2 Å². The van der Waals surface area contributed by atoms with E-state index in [2.05, 4.69) is 35.4 Å². The number of nitrogens with one attached hydrogen (secondary N) is 1. The summed E-state index contributed by atoms with van der Waals surface area (Å²) >= 11 is 0. The van der Waals surface area contributed by atoms with E-state index in [1.807, 2.05) is 36.4 Å². The summed E-state index contributed by atoms with van der Waals surface area (Å²) in [6.07, 6.45) is 0. The molecular weight excluding hydrogens is 278 g/mol. The predicted octanol–water partition coefficient (Wildman–Crippen LogP) is 4.11. The molecular formula is C17H17N3O2. The highest BCUT2D eigenvalue weighted by atomic mass is 16.5. The largest absolute Gasteiger partial charge is 0.497 e. The molecule has 22 heavy (non-hydrogen) atoms. The second-order valence-corrected chi connectivity index (χ2v) is 5.08. The van der Waals surface area contributed by atoms with Crippen molar-refractivity contribution in [2.75, 3.05) is 12.4 Å². The predicted molar refractivity (Wildman–Crippen MR) is 85.5 cm³/mol. The van der Waals surface area contributed by atoms with Crippen LogP contribution in [0, 0.1) is 13.8 Å². The highest BCUT2D eigenvalue weighted by molar-refractivity contribution is 5.60. The number of rotatable bonds is 4. The molecule has 0 bridgehead atoms. The van der Waals surface area contributed by atoms with Crippen LogP contribution in [0.4, 0.5) is 11.7 Å². The van der Waals surface area contributed by atoms with Gasteiger partial charge in [-0.25, -0.2) is 0 Å². The first kappa shape index (κ1) is 14.1. The average Bonchev–Trinajstić information content (AvgIpc) is 2.99. The van der Waals surface area contributed by atoms with Crippen molar-refractivity contribution in [3.05, 3.63) is 53.6 Å². The molecule has 0 atom stereocenters. The van der Waals surface area contributed by atoms with Gasteiger partial charge in [-0.3, -0.25) is 0 Å². The third-order valence-corrected chi connectivity index (χ3v) is 3.51. The van der Waals surface area contributed by atoms with Gasteiger partial charge in [0.1, 0.15) is 5.75 Å². The quantitative estimate of drug-likeness (QED) is 0.785. The molecule has 2 aromatic carbocycles. The van der Waals surface area contributed by atoms with Gasteiger partial charge in [0, 0.05) is 11.3 Å². The minimum Gasteiger partial charge on any atom is -0.497 e. The molecule has 0 spiro atoms. The Labute approximate surface area is 128 Å². The molecule has 0 amide bonds. The van der Waals surface area contributed by atoms with Crippen LogP contribution >= 0.6 is 0 Å². The van der Waals surface area contributed by atoms with E-state index >= 15 is 0 Å². The van der Waals surface area contributed by atoms with E-state index in [-0.39, 0.29) is 0 Å². The molecule has 5 heteroatoms. The smallest absolute Gasteiger partial charge is 0.326 e. The number of hydrogen-bond acceptors (Lipinski definition) is 5. The van der Waals surface area contributed by atoms with E-state index in [0.717, 1.165) is 17.0 Å². The van der Waals surface area contributed by atoms with Crippen molar-refractivity contribution in [2.45, 2.75) is 13.8 Å². The van der Waals surface area contributed by atoms with E-state index in [1.165, 1.54) is 11.1 Å². The lowest BCUT2D eigenvalue weighted by molar-refractivity contribution is 0.414. The van der Waals surface area contributed by atoms with Crippen LogP contribution in [0.5, 0.6) is 5.75 Å². The van der Waals surface area contributed by atoms with Crippen LogP contribution in [0.2, 0.25) is 0 Å². The lowest BCUT2D eigenvalue weighted by atomic mass is 10.1. The molecule has 0 aliphatic heterocycles. The molecule has 3 rings (SSSR count). The van der Waals surface area contributed by atoms with Crippen LogP contribution < -0.4 is 10.1 Å². The van der Waals surface area contributed by atoms with E-state index in [0.29, 0.717) is 11.8 Å². The molecule has 0 unspecified atom stereocenters. The van der Waals surface area contributed by atoms with Gasteiger partial charge in [0.15, 0.2) is 0 Å². The Kier molecular flexibility index (Phi) is 3.78. The molecule has 1 aromatic heterocycles. The Bertz CT molecular complexity index is 796. The van der Waals surface area contributed by atoms with Crippen molar-refractivity contribution in [2.24, 2.45) is 0 Å². The van der Waals surface area contributed by atoms with Crippen molar-refractivity contribution >= 4 is 11.7 Å². The minimum atomic E-state index is 0.362. The second-order valence-electron chi connectivity index (χ2n) is 5.08. The number of aryl methyl sites for hydroxylation is 2. The van der Waals surface area contributed by atoms with E-state index in [9.17, 15) is 0 Å². The maximum absolute atomic E-state index is 5.25. The first-order valence-corrected chi connectivity index (χ1v) is 6.98. The molecule has 0 saturated heterocycles. The van der Waals surface area contributed by atoms with Crippen LogP contribution in [0.1, 0.15) is 11.1 Å². The number of ether oxygens (including phenoxy) is 1. The summed E-state index contributed by atoms with van der Waals surface area (Å²) in [6.45, 7) is 4.14. The van der Waals surface area contributed by atoms with Gasteiger partial charge in [-0.15, -0.1) is 0 Å². The van der Waals surface area contributed by atoms with Gasteiger partial charge in [-0.2, -0.15) is 4.98 Å². The fourth-order valence-electron chi connectivity index (χ4n) is 2.10. The zero-order valence-corrected chi connectivity index (χ0v) is 12.8. The maximum Gasteiger partial charge on any atom is 0.326 e. The van der Waals surface area contributed by atoms with Gasteiger partial charge >= 0.3 is 6.01 Å². The monoisotopic (exact) mass is 295 g/mol. The third-order valence-electron chi connectivity index (χ3n) is 3.51. The van der Waals surface area contributed by atoms with Gasteiger partial charge in [0.2, 0.25) is 5.82 Å². The number of aromatic nitrogens is 2. The molecule has 0 aliphatic rings. The van der Waals surface area contributed by atoms with Crippen molar-refractivity contribution in [1.29, 1.82) is 0 Å². The van der Waals surface area contributed by atoms with Crippen LogP contribution in [-0.2, 0) is 0 Å². The second kappa shape index (κ2) is 5.89. The fourth-order valence-corrected chi connectivity index (χ4v) is 2.10. The number of methoxy groups -OCH3 is 1. The Morgan fingerprint density at radius 1 is 1.05 bits per heavy atom. The van der Waals surface area contributed by atoms with Crippen molar-refractivity contribution in [3.8, 4) is 17.1 Å². The van der Waals surface area contributed by atoms with E-state index in [1.54, 1.807) is 7.11 Å². The van der Waals surface area contributed by atoms with Crippen molar-refractivity contribution < 1.29 is 9.26 Å². The standard InChI is InChI=1S/C17H17N3O2/c1-11-7-8-14(9-12(11)2)18-17-19-16(20-22-17)13-5-4-6-15(10-13)21-3/h4-10H,1-3H3,(H,18,19,20). The molecule has 0 saturated carbocycles. The Morgan fingerprint density at radius 2 is 1.91 bits per heavy atom. The highest BCUT2D eigenvalue weighted by Gasteiger charge is 2.09. The summed E-state index contributed by atoms with van der Waals surface area (Å²) < 4.78 is 10.5. The highest BCUT2D eigenvalue weighted by Crippen LogP contribution is 2.24. The van der Waals surface area contributed by atoms with Crippen molar-refractivity contribution in [1.82, 2.24) is 10.1 Å². The number of nitrogens with zero attached hydrogens (tertiary/aromatic N) is 2. The Morgan fingerprint density at radius 3 is 2.68 bits per heavy atom. The first-order chi connectivity index (χ1) is 10.7. The number of hydrogen-bond donors (Lipinski definition) is 1. The summed E-state index contributed by atoms with van der Waals surface area (Å²) in [6, 6.07) is 14.0. The number of anilines is 2. The molecule has 0 radical (unpaired) electrons. The average molecular weight is 295 g/mol. The van der Waals surface area contributed by atoms with Crippen LogP contribution in [0.25, 0.3) is 11.4 Å². The molecule has 3 aromatic rings. The van der Waals surface area contributed by atoms with Gasteiger partial charge in [0.05, 0.1) is 7.11 Å². The molecule has 112 valence electrons. The summed E-state index contributed by atoms with van der Waals surface area (Å²) in [5.41, 5.74) is 4.21. The topological polar surface area (TPSA) is 60.2 Å². The summed E-state index contributed by atoms with van der Waals surface area (Å²) in [5.74, 6) is 1.27. The minimum absolute atomic E-state index is 0.362. The zero-order chi connectivity index (χ0) is 15.5. The van der Waals surface area contributed by atoms with Gasteiger partial charge < -0.3 is 14.6 Å². The molecule has 1 heterocycles. The SMILES string of the molecule is COc1cccc(-c2noc(Nc3ccc(C)c(C)c3)n2)c1. The maximum atomic E-state index is 5.25. The summed E-state index contributed by atoms with van der Waals surface area (Å²) in [4.78, 5) is 4.36. The lowest BCUT2D eigenvalue weighted by Crippen LogP contribution is -1.92. The molecule has 1 N–H and O–H groups in total. The Balaban J connectivity index is 1.82. The molecule has 0 aliphatic carbocycles. The van der Waals surface area contributed by atoms with Crippen LogP contribution in [-0.4, -0.2) is 17.3 Å². The summed E-state index contributed by atoms with van der Waals surface area (Å²) in [5, 5.41) is 7.11.